The van der Waals surface area contributed by atoms with Crippen molar-refractivity contribution in [2.45, 2.75) is 62.5 Å². The standard InChI is InChI=1S/C21H32Cl2N2O/c1-24(2)17-8-12-25(13-9-17)15-18(21(26)10-4-3-5-11-21)16-6-7-19(22)20(23)14-16/h6-7,14,17-18,26H,3-5,8-13,15H2,1-2H3. The van der Waals surface area contributed by atoms with E-state index in [0.29, 0.717) is 16.1 Å². The number of piperidine rings is 1. The molecule has 1 atom stereocenters. The summed E-state index contributed by atoms with van der Waals surface area (Å²) in [6.07, 6.45) is 7.59. The fourth-order valence-electron chi connectivity index (χ4n) is 4.70. The van der Waals surface area contributed by atoms with Gasteiger partial charge in [-0.1, -0.05) is 48.5 Å². The first-order chi connectivity index (χ1) is 12.4. The highest BCUT2D eigenvalue weighted by Gasteiger charge is 2.40. The number of nitrogens with zero attached hydrogens (tertiary/aromatic N) is 2. The number of benzene rings is 1. The first kappa shape index (κ1) is 20.4. The monoisotopic (exact) mass is 398 g/mol. The predicted octanol–water partition coefficient (Wildman–Crippen LogP) is 4.80. The number of hydrogen-bond donors (Lipinski definition) is 1. The van der Waals surface area contributed by atoms with Crippen LogP contribution in [-0.2, 0) is 0 Å². The van der Waals surface area contributed by atoms with Crippen molar-refractivity contribution >= 4 is 23.2 Å². The third kappa shape index (κ3) is 4.74. The van der Waals surface area contributed by atoms with Crippen LogP contribution in [0.15, 0.2) is 18.2 Å². The molecule has 1 saturated heterocycles. The van der Waals surface area contributed by atoms with Gasteiger partial charge < -0.3 is 14.9 Å². The molecule has 0 radical (unpaired) electrons. The Balaban J connectivity index is 1.78. The molecule has 1 N–H and O–H groups in total. The molecule has 3 rings (SSSR count). The summed E-state index contributed by atoms with van der Waals surface area (Å²) >= 11 is 12.4. The molecule has 1 unspecified atom stereocenters. The van der Waals surface area contributed by atoms with E-state index in [1.807, 2.05) is 12.1 Å². The Labute approximate surface area is 168 Å². The van der Waals surface area contributed by atoms with Gasteiger partial charge in [0.05, 0.1) is 15.6 Å². The average Bonchev–Trinajstić information content (AvgIpc) is 2.63. The second-order valence-electron chi connectivity index (χ2n) is 8.39. The van der Waals surface area contributed by atoms with Crippen LogP contribution in [0, 0.1) is 0 Å². The van der Waals surface area contributed by atoms with E-state index >= 15 is 0 Å². The lowest BCUT2D eigenvalue weighted by Crippen LogP contribution is -2.48. The molecule has 1 aromatic rings. The van der Waals surface area contributed by atoms with Gasteiger partial charge in [-0.25, -0.2) is 0 Å². The molecular formula is C21H32Cl2N2O. The molecule has 3 nitrogen and oxygen atoms in total. The first-order valence-electron chi connectivity index (χ1n) is 9.95. The molecule has 2 fully saturated rings. The van der Waals surface area contributed by atoms with E-state index in [0.717, 1.165) is 50.9 Å². The minimum atomic E-state index is -0.631. The zero-order valence-electron chi connectivity index (χ0n) is 16.1. The van der Waals surface area contributed by atoms with Crippen LogP contribution in [0.5, 0.6) is 0 Å². The maximum absolute atomic E-state index is 11.5. The molecule has 1 aliphatic heterocycles. The smallest absolute Gasteiger partial charge is 0.0728 e. The lowest BCUT2D eigenvalue weighted by molar-refractivity contribution is -0.0335. The van der Waals surface area contributed by atoms with E-state index < -0.39 is 5.60 Å². The van der Waals surface area contributed by atoms with Gasteiger partial charge in [0.2, 0.25) is 0 Å². The summed E-state index contributed by atoms with van der Waals surface area (Å²) in [5, 5.41) is 12.7. The van der Waals surface area contributed by atoms with Crippen LogP contribution in [-0.4, -0.2) is 60.3 Å². The topological polar surface area (TPSA) is 26.7 Å². The van der Waals surface area contributed by atoms with Gasteiger partial charge >= 0.3 is 0 Å². The highest BCUT2D eigenvalue weighted by atomic mass is 35.5. The van der Waals surface area contributed by atoms with Crippen molar-refractivity contribution in [3.63, 3.8) is 0 Å². The SMILES string of the molecule is CN(C)C1CCN(CC(c2ccc(Cl)c(Cl)c2)C2(O)CCCCC2)CC1. The first-order valence-corrected chi connectivity index (χ1v) is 10.7. The van der Waals surface area contributed by atoms with Crippen LogP contribution in [0.25, 0.3) is 0 Å². The fraction of sp³-hybridized carbons (Fsp3) is 0.714. The van der Waals surface area contributed by atoms with Crippen molar-refractivity contribution in [3.8, 4) is 0 Å². The molecule has 0 bridgehead atoms. The van der Waals surface area contributed by atoms with Gasteiger partial charge in [-0.05, 0) is 70.6 Å². The van der Waals surface area contributed by atoms with Gasteiger partial charge in [0.1, 0.15) is 0 Å². The van der Waals surface area contributed by atoms with Crippen LogP contribution in [0.1, 0.15) is 56.4 Å². The van der Waals surface area contributed by atoms with Crippen molar-refractivity contribution in [1.82, 2.24) is 9.80 Å². The largest absolute Gasteiger partial charge is 0.389 e. The van der Waals surface area contributed by atoms with Crippen molar-refractivity contribution < 1.29 is 5.11 Å². The molecule has 0 amide bonds. The van der Waals surface area contributed by atoms with E-state index in [1.54, 1.807) is 0 Å². The van der Waals surface area contributed by atoms with Gasteiger partial charge in [0.25, 0.3) is 0 Å². The van der Waals surface area contributed by atoms with Crippen molar-refractivity contribution in [2.75, 3.05) is 33.7 Å². The van der Waals surface area contributed by atoms with Crippen LogP contribution >= 0.6 is 23.2 Å². The van der Waals surface area contributed by atoms with Crippen molar-refractivity contribution in [2.24, 2.45) is 0 Å². The molecule has 1 aromatic carbocycles. The molecule has 2 aliphatic rings. The van der Waals surface area contributed by atoms with E-state index in [-0.39, 0.29) is 5.92 Å². The quantitative estimate of drug-likeness (QED) is 0.771. The maximum Gasteiger partial charge on any atom is 0.0728 e. The Morgan fingerprint density at radius 3 is 2.35 bits per heavy atom. The Bertz CT molecular complexity index is 594. The second-order valence-corrected chi connectivity index (χ2v) is 9.20. The van der Waals surface area contributed by atoms with Crippen LogP contribution in [0.2, 0.25) is 10.0 Å². The van der Waals surface area contributed by atoms with E-state index in [2.05, 4.69) is 30.0 Å². The number of rotatable bonds is 5. The second kappa shape index (κ2) is 8.79. The third-order valence-corrected chi connectivity index (χ3v) is 7.18. The maximum atomic E-state index is 11.5. The normalized spacial score (nSPS) is 23.3. The molecule has 0 aromatic heterocycles. The molecule has 1 heterocycles. The molecule has 1 aliphatic carbocycles. The van der Waals surface area contributed by atoms with Gasteiger partial charge in [0, 0.05) is 18.5 Å². The van der Waals surface area contributed by atoms with Crippen LogP contribution in [0.4, 0.5) is 0 Å². The lowest BCUT2D eigenvalue weighted by atomic mass is 9.72. The summed E-state index contributed by atoms with van der Waals surface area (Å²) in [6.45, 7) is 3.09. The molecule has 146 valence electrons. The Morgan fingerprint density at radius 1 is 1.12 bits per heavy atom. The van der Waals surface area contributed by atoms with Crippen LogP contribution in [0.3, 0.4) is 0 Å². The van der Waals surface area contributed by atoms with Gasteiger partial charge in [-0.15, -0.1) is 0 Å². The van der Waals surface area contributed by atoms with Gasteiger partial charge in [-0.2, -0.15) is 0 Å². The number of hydrogen-bond acceptors (Lipinski definition) is 3. The van der Waals surface area contributed by atoms with Gasteiger partial charge in [-0.3, -0.25) is 0 Å². The zero-order valence-corrected chi connectivity index (χ0v) is 17.6. The molecular weight excluding hydrogens is 367 g/mol. The number of likely N-dealkylation sites (tertiary alicyclic amines) is 1. The van der Waals surface area contributed by atoms with E-state index in [1.165, 1.54) is 19.3 Å². The van der Waals surface area contributed by atoms with Crippen molar-refractivity contribution in [3.05, 3.63) is 33.8 Å². The highest BCUT2D eigenvalue weighted by Crippen LogP contribution is 2.42. The minimum absolute atomic E-state index is 0.0912. The zero-order chi connectivity index (χ0) is 18.7. The third-order valence-electron chi connectivity index (χ3n) is 6.44. The van der Waals surface area contributed by atoms with E-state index in [9.17, 15) is 5.11 Å². The molecule has 5 heteroatoms. The van der Waals surface area contributed by atoms with Crippen LogP contribution < -0.4 is 0 Å². The fourth-order valence-corrected chi connectivity index (χ4v) is 5.01. The molecule has 0 spiro atoms. The minimum Gasteiger partial charge on any atom is -0.389 e. The van der Waals surface area contributed by atoms with E-state index in [4.69, 9.17) is 23.2 Å². The summed E-state index contributed by atoms with van der Waals surface area (Å²) in [5.74, 6) is 0.0912. The summed E-state index contributed by atoms with van der Waals surface area (Å²) in [5.41, 5.74) is 0.492. The Hall–Kier alpha value is -0.320. The number of aliphatic hydroxyl groups is 1. The highest BCUT2D eigenvalue weighted by molar-refractivity contribution is 6.42. The lowest BCUT2D eigenvalue weighted by Gasteiger charge is -2.43. The summed E-state index contributed by atoms with van der Waals surface area (Å²) in [6, 6.07) is 6.56. The Kier molecular flexibility index (Phi) is 6.90. The predicted molar refractivity (Wildman–Crippen MR) is 110 cm³/mol. The van der Waals surface area contributed by atoms with Gasteiger partial charge in [0.15, 0.2) is 0 Å². The average molecular weight is 399 g/mol. The molecule has 26 heavy (non-hydrogen) atoms. The summed E-state index contributed by atoms with van der Waals surface area (Å²) in [7, 11) is 4.34. The molecule has 1 saturated carbocycles. The Morgan fingerprint density at radius 2 is 1.77 bits per heavy atom. The number of halogens is 2. The summed E-state index contributed by atoms with van der Waals surface area (Å²) < 4.78 is 0. The summed E-state index contributed by atoms with van der Waals surface area (Å²) in [4.78, 5) is 4.86. The van der Waals surface area contributed by atoms with Crippen molar-refractivity contribution in [1.29, 1.82) is 0 Å².